The Labute approximate surface area is 81.0 Å². The van der Waals surface area contributed by atoms with Gasteiger partial charge in [0, 0.05) is 22.1 Å². The maximum atomic E-state index is 6.78. The predicted molar refractivity (Wildman–Crippen MR) is 53.6 cm³/mol. The van der Waals surface area contributed by atoms with Crippen molar-refractivity contribution in [2.75, 3.05) is 0 Å². The van der Waals surface area contributed by atoms with Crippen LogP contribution < -0.4 is 0 Å². The minimum absolute atomic E-state index is 0.418. The molecule has 0 saturated carbocycles. The van der Waals surface area contributed by atoms with Gasteiger partial charge in [-0.3, -0.25) is 0 Å². The highest BCUT2D eigenvalue weighted by Crippen LogP contribution is 2.22. The van der Waals surface area contributed by atoms with Crippen LogP contribution in [0.3, 0.4) is 0 Å². The number of hydrogen-bond acceptors (Lipinski definition) is 0. The first kappa shape index (κ1) is 8.15. The molecule has 2 aromatic rings. The molecule has 1 heterocycles. The summed E-state index contributed by atoms with van der Waals surface area (Å²) in [6, 6.07) is 5.64. The Kier molecular flexibility index (Phi) is 1.96. The third kappa shape index (κ3) is 1.39. The molecule has 1 aromatic carbocycles. The molecule has 0 unspecified atom stereocenters. The van der Waals surface area contributed by atoms with Crippen molar-refractivity contribution in [2.45, 2.75) is 6.54 Å². The van der Waals surface area contributed by atoms with Crippen molar-refractivity contribution in [3.8, 4) is 0 Å². The molecule has 64 valence electrons. The van der Waals surface area contributed by atoms with Gasteiger partial charge < -0.3 is 9.83 Å². The van der Waals surface area contributed by atoms with Crippen LogP contribution >= 0.6 is 11.6 Å². The number of nitrogens with one attached hydrogen (secondary N) is 1. The van der Waals surface area contributed by atoms with Crippen LogP contribution in [0.15, 0.2) is 24.4 Å². The molecule has 0 radical (unpaired) electrons. The summed E-state index contributed by atoms with van der Waals surface area (Å²) in [5.41, 5.74) is 2.02. The second kappa shape index (κ2) is 3.12. The standard InChI is InChI=1S/C10H7ClN2/c1-12-5-7-6-13-10-4-8(11)2-3-9(7)10/h2-4,6,13H,5H2. The minimum Gasteiger partial charge on any atom is -0.361 e. The summed E-state index contributed by atoms with van der Waals surface area (Å²) in [5, 5.41) is 1.80. The van der Waals surface area contributed by atoms with Crippen LogP contribution in [0.2, 0.25) is 5.02 Å². The smallest absolute Gasteiger partial charge is 0.241 e. The quantitative estimate of drug-likeness (QED) is 0.667. The van der Waals surface area contributed by atoms with Crippen LogP contribution in [-0.4, -0.2) is 4.98 Å². The summed E-state index contributed by atoms with van der Waals surface area (Å²) in [5.74, 6) is 0. The maximum Gasteiger partial charge on any atom is 0.241 e. The van der Waals surface area contributed by atoms with Crippen LogP contribution in [0, 0.1) is 6.57 Å². The molecule has 0 spiro atoms. The van der Waals surface area contributed by atoms with E-state index in [1.54, 1.807) is 0 Å². The molecule has 3 heteroatoms. The van der Waals surface area contributed by atoms with Gasteiger partial charge in [0.2, 0.25) is 6.54 Å². The summed E-state index contributed by atoms with van der Waals surface area (Å²) in [6.45, 7) is 7.20. The van der Waals surface area contributed by atoms with Crippen molar-refractivity contribution in [3.05, 3.63) is 46.4 Å². The summed E-state index contributed by atoms with van der Waals surface area (Å²) >= 11 is 5.82. The zero-order valence-electron chi connectivity index (χ0n) is 6.84. The number of halogens is 1. The Balaban J connectivity index is 2.63. The lowest BCUT2D eigenvalue weighted by Gasteiger charge is -1.91. The topological polar surface area (TPSA) is 20.1 Å². The van der Waals surface area contributed by atoms with Gasteiger partial charge >= 0.3 is 0 Å². The number of nitrogens with zero attached hydrogens (tertiary/aromatic N) is 1. The second-order valence-electron chi connectivity index (χ2n) is 2.82. The predicted octanol–water partition coefficient (Wildman–Crippen LogP) is 3.24. The van der Waals surface area contributed by atoms with E-state index in [1.165, 1.54) is 0 Å². The average Bonchev–Trinajstić information content (AvgIpc) is 2.49. The fraction of sp³-hybridized carbons (Fsp3) is 0.100. The molecule has 0 aliphatic carbocycles. The molecule has 0 aliphatic heterocycles. The van der Waals surface area contributed by atoms with Gasteiger partial charge in [-0.15, -0.1) is 0 Å². The molecule has 2 nitrogen and oxygen atoms in total. The molecule has 2 rings (SSSR count). The fourth-order valence-corrected chi connectivity index (χ4v) is 1.55. The van der Waals surface area contributed by atoms with Gasteiger partial charge in [0.1, 0.15) is 0 Å². The van der Waals surface area contributed by atoms with E-state index in [-0.39, 0.29) is 0 Å². The van der Waals surface area contributed by atoms with Crippen LogP contribution in [0.5, 0.6) is 0 Å². The van der Waals surface area contributed by atoms with Crippen LogP contribution in [0.4, 0.5) is 0 Å². The monoisotopic (exact) mass is 190 g/mol. The summed E-state index contributed by atoms with van der Waals surface area (Å²) in [4.78, 5) is 6.43. The molecule has 0 saturated heterocycles. The second-order valence-corrected chi connectivity index (χ2v) is 3.26. The molecular weight excluding hydrogens is 184 g/mol. The van der Waals surface area contributed by atoms with E-state index in [9.17, 15) is 0 Å². The highest BCUT2D eigenvalue weighted by atomic mass is 35.5. The molecule has 0 aliphatic rings. The molecule has 0 bridgehead atoms. The molecule has 1 aromatic heterocycles. The number of rotatable bonds is 1. The minimum atomic E-state index is 0.418. The van der Waals surface area contributed by atoms with E-state index in [2.05, 4.69) is 9.83 Å². The SMILES string of the molecule is [C-]#[N+]Cc1c[nH]c2cc(Cl)ccc12. The summed E-state index contributed by atoms with van der Waals surface area (Å²) in [7, 11) is 0. The maximum absolute atomic E-state index is 6.78. The number of hydrogen-bond donors (Lipinski definition) is 1. The van der Waals surface area contributed by atoms with Crippen molar-refractivity contribution < 1.29 is 0 Å². The Hall–Kier alpha value is -1.46. The normalized spacial score (nSPS) is 10.2. The van der Waals surface area contributed by atoms with Crippen LogP contribution in [0.25, 0.3) is 15.7 Å². The summed E-state index contributed by atoms with van der Waals surface area (Å²) in [6.07, 6.45) is 1.86. The molecule has 0 atom stereocenters. The number of benzene rings is 1. The van der Waals surface area contributed by atoms with E-state index in [0.29, 0.717) is 11.6 Å². The van der Waals surface area contributed by atoms with E-state index < -0.39 is 0 Å². The molecule has 0 amide bonds. The highest BCUT2D eigenvalue weighted by molar-refractivity contribution is 6.31. The molecular formula is C10H7ClN2. The fourth-order valence-electron chi connectivity index (χ4n) is 1.37. The van der Waals surface area contributed by atoms with Crippen molar-refractivity contribution in [2.24, 2.45) is 0 Å². The van der Waals surface area contributed by atoms with Gasteiger partial charge in [-0.2, -0.15) is 0 Å². The lowest BCUT2D eigenvalue weighted by Crippen LogP contribution is -1.74. The number of H-pyrrole nitrogens is 1. The first-order valence-corrected chi connectivity index (χ1v) is 4.28. The van der Waals surface area contributed by atoms with Crippen molar-refractivity contribution in [3.63, 3.8) is 0 Å². The average molecular weight is 191 g/mol. The molecule has 0 fully saturated rings. The zero-order valence-corrected chi connectivity index (χ0v) is 7.60. The van der Waals surface area contributed by atoms with Gasteiger partial charge in [-0.1, -0.05) is 17.7 Å². The third-order valence-corrected chi connectivity index (χ3v) is 2.21. The zero-order chi connectivity index (χ0) is 9.26. The van der Waals surface area contributed by atoms with Gasteiger partial charge in [0.05, 0.1) is 5.56 Å². The van der Waals surface area contributed by atoms with Gasteiger partial charge in [0.15, 0.2) is 0 Å². The van der Waals surface area contributed by atoms with E-state index in [4.69, 9.17) is 18.2 Å². The molecule has 13 heavy (non-hydrogen) atoms. The van der Waals surface area contributed by atoms with Crippen LogP contribution in [0.1, 0.15) is 5.56 Å². The van der Waals surface area contributed by atoms with Gasteiger partial charge in [-0.05, 0) is 12.1 Å². The Bertz CT molecular complexity index is 479. The largest absolute Gasteiger partial charge is 0.361 e. The first-order valence-electron chi connectivity index (χ1n) is 3.90. The van der Waals surface area contributed by atoms with Crippen molar-refractivity contribution in [1.82, 2.24) is 4.98 Å². The highest BCUT2D eigenvalue weighted by Gasteiger charge is 2.04. The van der Waals surface area contributed by atoms with Crippen molar-refractivity contribution >= 4 is 22.5 Å². The summed E-state index contributed by atoms with van der Waals surface area (Å²) < 4.78 is 0. The number of aromatic amines is 1. The van der Waals surface area contributed by atoms with Crippen molar-refractivity contribution in [1.29, 1.82) is 0 Å². The van der Waals surface area contributed by atoms with E-state index in [1.807, 2.05) is 24.4 Å². The van der Waals surface area contributed by atoms with E-state index in [0.717, 1.165) is 16.5 Å². The van der Waals surface area contributed by atoms with Crippen LogP contribution in [-0.2, 0) is 6.54 Å². The first-order chi connectivity index (χ1) is 6.31. The lowest BCUT2D eigenvalue weighted by molar-refractivity contribution is 1.28. The van der Waals surface area contributed by atoms with E-state index >= 15 is 0 Å². The van der Waals surface area contributed by atoms with Gasteiger partial charge in [-0.25, -0.2) is 6.57 Å². The third-order valence-electron chi connectivity index (χ3n) is 1.98. The number of fused-ring (bicyclic) bond motifs is 1. The molecule has 1 N–H and O–H groups in total. The Morgan fingerprint density at radius 2 is 2.31 bits per heavy atom. The Morgan fingerprint density at radius 3 is 3.08 bits per heavy atom. The van der Waals surface area contributed by atoms with Gasteiger partial charge in [0.25, 0.3) is 0 Å². The lowest BCUT2D eigenvalue weighted by atomic mass is 10.2. The Morgan fingerprint density at radius 1 is 1.46 bits per heavy atom. The number of aromatic nitrogens is 1.